The summed E-state index contributed by atoms with van der Waals surface area (Å²) in [7, 11) is 0. The fourth-order valence-corrected chi connectivity index (χ4v) is 2.51. The Bertz CT molecular complexity index is 636. The van der Waals surface area contributed by atoms with Gasteiger partial charge in [-0.25, -0.2) is 4.63 Å². The normalized spacial score (nSPS) is 15.6. The van der Waals surface area contributed by atoms with E-state index in [0.29, 0.717) is 25.4 Å². The Morgan fingerprint density at radius 3 is 2.57 bits per heavy atom. The molecule has 0 spiro atoms. The average molecular weight is 316 g/mol. The summed E-state index contributed by atoms with van der Waals surface area (Å²) in [6, 6.07) is 9.39. The van der Waals surface area contributed by atoms with Gasteiger partial charge in [0.25, 0.3) is 5.91 Å². The predicted molar refractivity (Wildman–Crippen MR) is 82.8 cm³/mol. The summed E-state index contributed by atoms with van der Waals surface area (Å²) in [6.45, 7) is 5.68. The molecule has 2 heterocycles. The maximum absolute atomic E-state index is 12.2. The number of rotatable bonds is 5. The zero-order chi connectivity index (χ0) is 16.1. The highest BCUT2D eigenvalue weighted by Crippen LogP contribution is 2.11. The Kier molecular flexibility index (Phi) is 4.87. The molecule has 7 nitrogen and oxygen atoms in total. The van der Waals surface area contributed by atoms with Crippen LogP contribution in [0.3, 0.4) is 0 Å². The summed E-state index contributed by atoms with van der Waals surface area (Å²) in [5.74, 6) is 0.737. The second-order valence-electron chi connectivity index (χ2n) is 5.55. The maximum Gasteiger partial charge on any atom is 0.260 e. The molecular weight excluding hydrogens is 296 g/mol. The van der Waals surface area contributed by atoms with Crippen molar-refractivity contribution in [1.82, 2.24) is 20.1 Å². The zero-order valence-electron chi connectivity index (χ0n) is 13.1. The summed E-state index contributed by atoms with van der Waals surface area (Å²) in [4.78, 5) is 16.3. The van der Waals surface area contributed by atoms with E-state index in [1.165, 1.54) is 0 Å². The average Bonchev–Trinajstić information content (AvgIpc) is 2.99. The van der Waals surface area contributed by atoms with Crippen molar-refractivity contribution in [2.24, 2.45) is 0 Å². The van der Waals surface area contributed by atoms with Gasteiger partial charge < -0.3 is 9.64 Å². The Morgan fingerprint density at radius 2 is 1.91 bits per heavy atom. The Balaban J connectivity index is 1.43. The van der Waals surface area contributed by atoms with E-state index >= 15 is 0 Å². The number of para-hydroxylation sites is 1. The van der Waals surface area contributed by atoms with Gasteiger partial charge in [0.05, 0.1) is 0 Å². The standard InChI is InChI=1S/C16H20N4O3/c1-13-15(18-23-17-13)11-19-7-9-20(10-8-19)16(21)12-22-14-5-3-2-4-6-14/h2-6H,7-12H2,1H3. The minimum atomic E-state index is 0.0211. The minimum absolute atomic E-state index is 0.0211. The van der Waals surface area contributed by atoms with Gasteiger partial charge in [-0.05, 0) is 19.1 Å². The van der Waals surface area contributed by atoms with Crippen LogP contribution in [0.4, 0.5) is 0 Å². The molecule has 1 saturated heterocycles. The van der Waals surface area contributed by atoms with Crippen LogP contribution in [0.1, 0.15) is 11.4 Å². The number of nitrogens with zero attached hydrogens (tertiary/aromatic N) is 4. The minimum Gasteiger partial charge on any atom is -0.484 e. The van der Waals surface area contributed by atoms with Gasteiger partial charge in [0, 0.05) is 32.7 Å². The van der Waals surface area contributed by atoms with E-state index in [9.17, 15) is 4.79 Å². The summed E-state index contributed by atoms with van der Waals surface area (Å²) < 4.78 is 10.2. The highest BCUT2D eigenvalue weighted by molar-refractivity contribution is 5.77. The maximum atomic E-state index is 12.2. The van der Waals surface area contributed by atoms with Gasteiger partial charge in [0.2, 0.25) is 0 Å². The number of benzene rings is 1. The number of hydrogen-bond acceptors (Lipinski definition) is 6. The fourth-order valence-electron chi connectivity index (χ4n) is 2.51. The summed E-state index contributed by atoms with van der Waals surface area (Å²) in [5, 5.41) is 7.68. The lowest BCUT2D eigenvalue weighted by Crippen LogP contribution is -2.49. The van der Waals surface area contributed by atoms with Crippen molar-refractivity contribution >= 4 is 5.91 Å². The number of aromatic nitrogens is 2. The number of piperazine rings is 1. The summed E-state index contributed by atoms with van der Waals surface area (Å²) >= 11 is 0. The molecule has 0 aliphatic carbocycles. The van der Waals surface area contributed by atoms with E-state index in [0.717, 1.165) is 24.5 Å². The van der Waals surface area contributed by atoms with E-state index in [4.69, 9.17) is 9.37 Å². The van der Waals surface area contributed by atoms with Crippen LogP contribution in [0.15, 0.2) is 35.0 Å². The molecule has 23 heavy (non-hydrogen) atoms. The number of aryl methyl sites for hydroxylation is 1. The second kappa shape index (κ2) is 7.23. The lowest BCUT2D eigenvalue weighted by molar-refractivity contribution is -0.135. The number of carbonyl (C=O) groups is 1. The van der Waals surface area contributed by atoms with E-state index < -0.39 is 0 Å². The zero-order valence-corrected chi connectivity index (χ0v) is 13.1. The first-order chi connectivity index (χ1) is 11.2. The number of hydrogen-bond donors (Lipinski definition) is 0. The molecule has 7 heteroatoms. The van der Waals surface area contributed by atoms with Gasteiger partial charge >= 0.3 is 0 Å². The van der Waals surface area contributed by atoms with Gasteiger partial charge in [0.15, 0.2) is 6.61 Å². The molecule has 1 amide bonds. The molecule has 1 fully saturated rings. The molecule has 1 aliphatic heterocycles. The third-order valence-electron chi connectivity index (χ3n) is 3.95. The lowest BCUT2D eigenvalue weighted by Gasteiger charge is -2.34. The van der Waals surface area contributed by atoms with Gasteiger partial charge in [-0.15, -0.1) is 0 Å². The van der Waals surface area contributed by atoms with Crippen molar-refractivity contribution < 1.29 is 14.2 Å². The lowest BCUT2D eigenvalue weighted by atomic mass is 10.2. The largest absolute Gasteiger partial charge is 0.484 e. The second-order valence-corrected chi connectivity index (χ2v) is 5.55. The van der Waals surface area contributed by atoms with E-state index in [2.05, 4.69) is 15.2 Å². The van der Waals surface area contributed by atoms with Crippen molar-refractivity contribution in [2.75, 3.05) is 32.8 Å². The first-order valence-corrected chi connectivity index (χ1v) is 7.68. The van der Waals surface area contributed by atoms with E-state index in [-0.39, 0.29) is 12.5 Å². The molecule has 0 bridgehead atoms. The molecule has 0 saturated carbocycles. The van der Waals surface area contributed by atoms with Crippen molar-refractivity contribution in [3.05, 3.63) is 41.7 Å². The molecule has 2 aromatic rings. The molecule has 3 rings (SSSR count). The monoisotopic (exact) mass is 316 g/mol. The van der Waals surface area contributed by atoms with Crippen molar-refractivity contribution in [2.45, 2.75) is 13.5 Å². The molecule has 0 unspecified atom stereocenters. The van der Waals surface area contributed by atoms with Crippen molar-refractivity contribution in [3.8, 4) is 5.75 Å². The van der Waals surface area contributed by atoms with E-state index in [1.54, 1.807) is 0 Å². The molecule has 1 aromatic heterocycles. The molecule has 1 aromatic carbocycles. The smallest absolute Gasteiger partial charge is 0.260 e. The van der Waals surface area contributed by atoms with Crippen LogP contribution >= 0.6 is 0 Å². The van der Waals surface area contributed by atoms with Crippen LogP contribution in [-0.4, -0.2) is 58.8 Å². The fraction of sp³-hybridized carbons (Fsp3) is 0.438. The molecule has 122 valence electrons. The first kappa shape index (κ1) is 15.5. The predicted octanol–water partition coefficient (Wildman–Crippen LogP) is 1.10. The van der Waals surface area contributed by atoms with Crippen LogP contribution < -0.4 is 4.74 Å². The van der Waals surface area contributed by atoms with Crippen LogP contribution in [-0.2, 0) is 11.3 Å². The Hall–Kier alpha value is -2.41. The van der Waals surface area contributed by atoms with Gasteiger partial charge in [-0.2, -0.15) is 0 Å². The summed E-state index contributed by atoms with van der Waals surface area (Å²) in [6.07, 6.45) is 0. The van der Waals surface area contributed by atoms with Gasteiger partial charge in [-0.3, -0.25) is 9.69 Å². The Morgan fingerprint density at radius 1 is 1.17 bits per heavy atom. The molecule has 0 radical (unpaired) electrons. The first-order valence-electron chi connectivity index (χ1n) is 7.68. The SMILES string of the molecule is Cc1nonc1CN1CCN(C(=O)COc2ccccc2)CC1. The van der Waals surface area contributed by atoms with Crippen LogP contribution in [0.5, 0.6) is 5.75 Å². The topological polar surface area (TPSA) is 71.7 Å². The number of ether oxygens (including phenoxy) is 1. The van der Waals surface area contributed by atoms with Gasteiger partial charge in [-0.1, -0.05) is 28.5 Å². The molecule has 0 atom stereocenters. The third kappa shape index (κ3) is 4.07. The van der Waals surface area contributed by atoms with Gasteiger partial charge in [0.1, 0.15) is 17.1 Å². The summed E-state index contributed by atoms with van der Waals surface area (Å²) in [5.41, 5.74) is 1.68. The van der Waals surface area contributed by atoms with Crippen LogP contribution in [0.25, 0.3) is 0 Å². The highest BCUT2D eigenvalue weighted by atomic mass is 16.6. The molecule has 0 N–H and O–H groups in total. The number of amides is 1. The third-order valence-corrected chi connectivity index (χ3v) is 3.95. The highest BCUT2D eigenvalue weighted by Gasteiger charge is 2.22. The number of carbonyl (C=O) groups excluding carboxylic acids is 1. The Labute approximate surface area is 134 Å². The van der Waals surface area contributed by atoms with Crippen molar-refractivity contribution in [1.29, 1.82) is 0 Å². The molecule has 1 aliphatic rings. The van der Waals surface area contributed by atoms with Crippen molar-refractivity contribution in [3.63, 3.8) is 0 Å². The van der Waals surface area contributed by atoms with Crippen LogP contribution in [0.2, 0.25) is 0 Å². The molecular formula is C16H20N4O3. The van der Waals surface area contributed by atoms with Crippen LogP contribution in [0, 0.1) is 6.92 Å². The van der Waals surface area contributed by atoms with E-state index in [1.807, 2.05) is 42.2 Å². The quantitative estimate of drug-likeness (QED) is 0.822.